The number of carbonyl (C=O) groups is 1. The van der Waals surface area contributed by atoms with Crippen LogP contribution >= 0.6 is 11.3 Å². The molecule has 4 aromatic rings. The van der Waals surface area contributed by atoms with E-state index in [1.807, 2.05) is 31.2 Å². The number of aryl methyl sites for hydroxylation is 1. The first-order valence-electron chi connectivity index (χ1n) is 11.1. The van der Waals surface area contributed by atoms with E-state index in [9.17, 15) is 4.79 Å². The molecule has 7 nitrogen and oxygen atoms in total. The second-order valence-corrected chi connectivity index (χ2v) is 9.44. The van der Waals surface area contributed by atoms with E-state index in [0.717, 1.165) is 27.8 Å². The number of anilines is 1. The molecule has 0 aliphatic carbocycles. The maximum atomic E-state index is 11.4. The summed E-state index contributed by atoms with van der Waals surface area (Å²) >= 11 is 1.74. The molecule has 2 aromatic heterocycles. The van der Waals surface area contributed by atoms with E-state index in [4.69, 9.17) is 9.47 Å². The Morgan fingerprint density at radius 1 is 1.09 bits per heavy atom. The summed E-state index contributed by atoms with van der Waals surface area (Å²) in [4.78, 5) is 23.1. The van der Waals surface area contributed by atoms with Crippen LogP contribution in [0.25, 0.3) is 21.3 Å². The Balaban J connectivity index is 1.45. The number of ether oxygens (including phenoxy) is 2. The summed E-state index contributed by atoms with van der Waals surface area (Å²) < 4.78 is 10.9. The van der Waals surface area contributed by atoms with E-state index in [1.165, 1.54) is 9.75 Å². The molecule has 0 saturated carbocycles. The van der Waals surface area contributed by atoms with Crippen LogP contribution in [0.1, 0.15) is 41.7 Å². The second kappa shape index (κ2) is 8.95. The number of methoxy groups -OCH3 is 2. The molecule has 2 N–H and O–H groups in total. The van der Waals surface area contributed by atoms with Gasteiger partial charge in [-0.1, -0.05) is 24.3 Å². The lowest BCUT2D eigenvalue weighted by atomic mass is 9.92. The van der Waals surface area contributed by atoms with Gasteiger partial charge in [0, 0.05) is 21.2 Å². The molecular weight excluding hydrogens is 448 g/mol. The summed E-state index contributed by atoms with van der Waals surface area (Å²) in [6, 6.07) is 16.5. The first kappa shape index (κ1) is 22.2. The molecule has 0 radical (unpaired) electrons. The maximum Gasteiger partial charge on any atom is 0.222 e. The molecule has 0 bridgehead atoms. The first-order chi connectivity index (χ1) is 16.5. The quantitative estimate of drug-likeness (QED) is 0.348. The van der Waals surface area contributed by atoms with Gasteiger partial charge in [-0.15, -0.1) is 11.3 Å². The highest BCUT2D eigenvalue weighted by molar-refractivity contribution is 7.15. The number of hydrogen-bond acceptors (Lipinski definition) is 7. The zero-order chi connectivity index (χ0) is 23.8. The topological polar surface area (TPSA) is 85.4 Å². The van der Waals surface area contributed by atoms with E-state index < -0.39 is 0 Å². The zero-order valence-electron chi connectivity index (χ0n) is 19.5. The summed E-state index contributed by atoms with van der Waals surface area (Å²) in [7, 11) is 3.24. The van der Waals surface area contributed by atoms with E-state index in [-0.39, 0.29) is 18.0 Å². The molecule has 1 fully saturated rings. The van der Waals surface area contributed by atoms with Gasteiger partial charge in [0.2, 0.25) is 5.91 Å². The largest absolute Gasteiger partial charge is 0.493 e. The van der Waals surface area contributed by atoms with Gasteiger partial charge in [-0.2, -0.15) is 0 Å². The fourth-order valence-corrected chi connectivity index (χ4v) is 5.32. The van der Waals surface area contributed by atoms with Crippen LogP contribution in [0.3, 0.4) is 0 Å². The third-order valence-corrected chi connectivity index (χ3v) is 7.35. The molecule has 1 aliphatic heterocycles. The fraction of sp³-hybridized carbons (Fsp3) is 0.269. The van der Waals surface area contributed by atoms with Crippen molar-refractivity contribution in [3.8, 4) is 21.9 Å². The third-order valence-electron chi connectivity index (χ3n) is 6.05. The van der Waals surface area contributed by atoms with E-state index >= 15 is 0 Å². The minimum absolute atomic E-state index is 0.0277. The summed E-state index contributed by atoms with van der Waals surface area (Å²) in [5.41, 5.74) is 3.12. The normalized spacial score (nSPS) is 16.0. The Labute approximate surface area is 202 Å². The lowest BCUT2D eigenvalue weighted by Crippen LogP contribution is -2.41. The van der Waals surface area contributed by atoms with E-state index in [0.29, 0.717) is 23.7 Å². The summed E-state index contributed by atoms with van der Waals surface area (Å²) in [6.45, 7) is 4.00. The predicted octanol–water partition coefficient (Wildman–Crippen LogP) is 5.42. The monoisotopic (exact) mass is 474 g/mol. The number of carbonyl (C=O) groups excluding carboxylic acids is 1. The standard InChI is InChI=1S/C26H26N4O3S/c1-14(27-26-18-11-21(32-3)22(33-4)12-19(18)28-15(2)29-26)23-9-10-24(34-23)17-8-6-5-7-16(17)20-13-25(31)30-20/h5-12,14,20H,13H2,1-4H3,(H,30,31)(H,27,28,29). The lowest BCUT2D eigenvalue weighted by molar-refractivity contribution is -0.128. The predicted molar refractivity (Wildman–Crippen MR) is 135 cm³/mol. The molecule has 0 spiro atoms. The maximum absolute atomic E-state index is 11.4. The number of fused-ring (bicyclic) bond motifs is 1. The van der Waals surface area contributed by atoms with Gasteiger partial charge in [-0.05, 0) is 43.2 Å². The fourth-order valence-electron chi connectivity index (χ4n) is 4.26. The highest BCUT2D eigenvalue weighted by Crippen LogP contribution is 2.39. The minimum Gasteiger partial charge on any atom is -0.493 e. The van der Waals surface area contributed by atoms with Gasteiger partial charge < -0.3 is 20.1 Å². The number of hydrogen-bond donors (Lipinski definition) is 2. The number of nitrogens with one attached hydrogen (secondary N) is 2. The number of aromatic nitrogens is 2. The third kappa shape index (κ3) is 4.05. The van der Waals surface area contributed by atoms with Crippen LogP contribution in [0.4, 0.5) is 5.82 Å². The van der Waals surface area contributed by atoms with Crippen LogP contribution in [0.15, 0.2) is 48.5 Å². The molecule has 5 rings (SSSR count). The Hall–Kier alpha value is -3.65. The molecule has 1 amide bonds. The number of amides is 1. The zero-order valence-corrected chi connectivity index (χ0v) is 20.3. The van der Waals surface area contributed by atoms with Crippen molar-refractivity contribution >= 4 is 34.0 Å². The smallest absolute Gasteiger partial charge is 0.222 e. The Morgan fingerprint density at radius 2 is 1.82 bits per heavy atom. The van der Waals surface area contributed by atoms with Gasteiger partial charge in [-0.25, -0.2) is 9.97 Å². The average molecular weight is 475 g/mol. The van der Waals surface area contributed by atoms with Crippen LogP contribution < -0.4 is 20.1 Å². The summed E-state index contributed by atoms with van der Waals surface area (Å²) in [5, 5.41) is 7.43. The number of rotatable bonds is 7. The van der Waals surface area contributed by atoms with Crippen molar-refractivity contribution in [1.29, 1.82) is 0 Å². The van der Waals surface area contributed by atoms with Crippen molar-refractivity contribution in [2.45, 2.75) is 32.4 Å². The van der Waals surface area contributed by atoms with Gasteiger partial charge >= 0.3 is 0 Å². The molecule has 3 heterocycles. The highest BCUT2D eigenvalue weighted by Gasteiger charge is 2.29. The van der Waals surface area contributed by atoms with Crippen molar-refractivity contribution in [3.63, 3.8) is 0 Å². The lowest BCUT2D eigenvalue weighted by Gasteiger charge is -2.28. The minimum atomic E-state index is 0.0277. The molecule has 2 aromatic carbocycles. The van der Waals surface area contributed by atoms with Crippen molar-refractivity contribution in [3.05, 3.63) is 64.8 Å². The molecule has 174 valence electrons. The van der Waals surface area contributed by atoms with E-state index in [1.54, 1.807) is 25.6 Å². The van der Waals surface area contributed by atoms with Gasteiger partial charge in [-0.3, -0.25) is 4.79 Å². The second-order valence-electron chi connectivity index (χ2n) is 8.32. The molecule has 1 aliphatic rings. The van der Waals surface area contributed by atoms with Gasteiger partial charge in [0.1, 0.15) is 11.6 Å². The first-order valence-corrected chi connectivity index (χ1v) is 11.9. The summed E-state index contributed by atoms with van der Waals surface area (Å²) in [5.74, 6) is 2.81. The highest BCUT2D eigenvalue weighted by atomic mass is 32.1. The number of nitrogens with zero attached hydrogens (tertiary/aromatic N) is 2. The molecule has 8 heteroatoms. The van der Waals surface area contributed by atoms with Gasteiger partial charge in [0.05, 0.1) is 38.2 Å². The van der Waals surface area contributed by atoms with Crippen LogP contribution in [-0.4, -0.2) is 30.1 Å². The molecule has 1 saturated heterocycles. The Bertz CT molecular complexity index is 1380. The average Bonchev–Trinajstić information content (AvgIpc) is 3.31. The van der Waals surface area contributed by atoms with Crippen molar-refractivity contribution in [2.75, 3.05) is 19.5 Å². The van der Waals surface area contributed by atoms with Crippen LogP contribution in [-0.2, 0) is 4.79 Å². The van der Waals surface area contributed by atoms with Crippen molar-refractivity contribution in [2.24, 2.45) is 0 Å². The van der Waals surface area contributed by atoms with Crippen molar-refractivity contribution < 1.29 is 14.3 Å². The van der Waals surface area contributed by atoms with Gasteiger partial charge in [0.25, 0.3) is 0 Å². The SMILES string of the molecule is COc1cc2nc(C)nc(NC(C)c3ccc(-c4ccccc4C4CC(=O)N4)s3)c2cc1OC. The molecule has 34 heavy (non-hydrogen) atoms. The van der Waals surface area contributed by atoms with Crippen LogP contribution in [0, 0.1) is 6.92 Å². The number of benzene rings is 2. The van der Waals surface area contributed by atoms with Crippen LogP contribution in [0.5, 0.6) is 11.5 Å². The Kier molecular flexibility index (Phi) is 5.83. The van der Waals surface area contributed by atoms with Crippen molar-refractivity contribution in [1.82, 2.24) is 15.3 Å². The van der Waals surface area contributed by atoms with E-state index in [2.05, 4.69) is 51.8 Å². The van der Waals surface area contributed by atoms with Crippen LogP contribution in [0.2, 0.25) is 0 Å². The molecule has 2 unspecified atom stereocenters. The molecule has 2 atom stereocenters. The summed E-state index contributed by atoms with van der Waals surface area (Å²) in [6.07, 6.45) is 0.543. The number of β-lactam (4-membered cyclic amide) rings is 1. The van der Waals surface area contributed by atoms with Gasteiger partial charge in [0.15, 0.2) is 11.5 Å². The number of thiophene rings is 1. The Morgan fingerprint density at radius 3 is 2.56 bits per heavy atom. The molecular formula is C26H26N4O3S.